The molecule has 0 aliphatic heterocycles. The third-order valence-electron chi connectivity index (χ3n) is 2.26. The van der Waals surface area contributed by atoms with Crippen molar-refractivity contribution in [2.75, 3.05) is 0 Å². The molecular formula is C12H11. The molecule has 0 aliphatic rings. The number of hydrogen-bond donors (Lipinski definition) is 0. The van der Waals surface area contributed by atoms with E-state index in [0.717, 1.165) is 0 Å². The van der Waals surface area contributed by atoms with Gasteiger partial charge in [-0.3, -0.25) is 0 Å². The summed E-state index contributed by atoms with van der Waals surface area (Å²) in [7, 11) is 0. The summed E-state index contributed by atoms with van der Waals surface area (Å²) in [6.07, 6.45) is 0. The molecular weight excluding hydrogens is 144 g/mol. The topological polar surface area (TPSA) is 0 Å². The van der Waals surface area contributed by atoms with Gasteiger partial charge >= 0.3 is 0 Å². The molecule has 0 aliphatic carbocycles. The second-order valence-electron chi connectivity index (χ2n) is 3.16. The molecule has 0 nitrogen and oxygen atoms in total. The third kappa shape index (κ3) is 1.00. The second kappa shape index (κ2) is 2.63. The lowest BCUT2D eigenvalue weighted by atomic mass is 10.0. The van der Waals surface area contributed by atoms with Crippen molar-refractivity contribution in [2.45, 2.75) is 13.8 Å². The fraction of sp³-hybridized carbons (Fsp3) is 0.167. The Morgan fingerprint density at radius 3 is 2.50 bits per heavy atom. The minimum Gasteiger partial charge on any atom is -0.0610 e. The van der Waals surface area contributed by atoms with Gasteiger partial charge in [0.2, 0.25) is 0 Å². The Kier molecular flexibility index (Phi) is 1.61. The molecule has 2 rings (SSSR count). The largest absolute Gasteiger partial charge is 0.0610 e. The van der Waals surface area contributed by atoms with Crippen molar-refractivity contribution in [1.82, 2.24) is 0 Å². The van der Waals surface area contributed by atoms with Gasteiger partial charge in [0.25, 0.3) is 0 Å². The Bertz CT molecular complexity index is 373. The van der Waals surface area contributed by atoms with Gasteiger partial charge in [0, 0.05) is 0 Å². The summed E-state index contributed by atoms with van der Waals surface area (Å²) in [5.41, 5.74) is 2.63. The molecule has 0 heteroatoms. The van der Waals surface area contributed by atoms with Gasteiger partial charge in [0.05, 0.1) is 0 Å². The SMILES string of the molecule is Cc1ccc(C)c2ccc[c]c12. The van der Waals surface area contributed by atoms with Crippen LogP contribution in [0.3, 0.4) is 0 Å². The van der Waals surface area contributed by atoms with Crippen LogP contribution in [0.2, 0.25) is 0 Å². The predicted molar refractivity (Wildman–Crippen MR) is 52.3 cm³/mol. The summed E-state index contributed by atoms with van der Waals surface area (Å²) < 4.78 is 0. The third-order valence-corrected chi connectivity index (χ3v) is 2.26. The molecule has 0 aromatic heterocycles. The number of fused-ring (bicyclic) bond motifs is 1. The average molecular weight is 155 g/mol. The van der Waals surface area contributed by atoms with E-state index in [4.69, 9.17) is 0 Å². The lowest BCUT2D eigenvalue weighted by molar-refractivity contribution is 1.46. The van der Waals surface area contributed by atoms with Crippen LogP contribution in [0.5, 0.6) is 0 Å². The van der Waals surface area contributed by atoms with E-state index in [1.54, 1.807) is 0 Å². The van der Waals surface area contributed by atoms with E-state index >= 15 is 0 Å². The van der Waals surface area contributed by atoms with Crippen LogP contribution in [0, 0.1) is 19.9 Å². The van der Waals surface area contributed by atoms with Gasteiger partial charge in [-0.05, 0) is 41.8 Å². The van der Waals surface area contributed by atoms with E-state index in [1.165, 1.54) is 21.9 Å². The maximum atomic E-state index is 3.26. The number of hydrogen-bond acceptors (Lipinski definition) is 0. The van der Waals surface area contributed by atoms with Gasteiger partial charge in [-0.25, -0.2) is 0 Å². The first-order valence-corrected chi connectivity index (χ1v) is 4.15. The molecule has 0 bridgehead atoms. The maximum absolute atomic E-state index is 3.26. The monoisotopic (exact) mass is 155 g/mol. The van der Waals surface area contributed by atoms with Crippen molar-refractivity contribution in [3.8, 4) is 0 Å². The van der Waals surface area contributed by atoms with Crippen LogP contribution in [-0.2, 0) is 0 Å². The zero-order valence-electron chi connectivity index (χ0n) is 7.39. The summed E-state index contributed by atoms with van der Waals surface area (Å²) >= 11 is 0. The first kappa shape index (κ1) is 7.35. The highest BCUT2D eigenvalue weighted by atomic mass is 14.0. The molecule has 0 saturated carbocycles. The zero-order valence-corrected chi connectivity index (χ0v) is 7.39. The Balaban J connectivity index is 2.95. The summed E-state index contributed by atoms with van der Waals surface area (Å²) in [6, 6.07) is 13.7. The van der Waals surface area contributed by atoms with Crippen LogP contribution in [-0.4, -0.2) is 0 Å². The van der Waals surface area contributed by atoms with E-state index in [-0.39, 0.29) is 0 Å². The van der Waals surface area contributed by atoms with Crippen molar-refractivity contribution in [3.05, 3.63) is 47.5 Å². The minimum atomic E-state index is 1.25. The van der Waals surface area contributed by atoms with Gasteiger partial charge in [-0.2, -0.15) is 0 Å². The van der Waals surface area contributed by atoms with Crippen LogP contribution in [0.1, 0.15) is 11.1 Å². The van der Waals surface area contributed by atoms with E-state index in [0.29, 0.717) is 0 Å². The lowest BCUT2D eigenvalue weighted by Crippen LogP contribution is -1.81. The quantitative estimate of drug-likeness (QED) is 0.547. The van der Waals surface area contributed by atoms with E-state index in [9.17, 15) is 0 Å². The Morgan fingerprint density at radius 2 is 1.75 bits per heavy atom. The van der Waals surface area contributed by atoms with Crippen molar-refractivity contribution < 1.29 is 0 Å². The van der Waals surface area contributed by atoms with E-state index < -0.39 is 0 Å². The highest BCUT2D eigenvalue weighted by Gasteiger charge is 1.97. The first-order chi connectivity index (χ1) is 5.79. The van der Waals surface area contributed by atoms with Crippen LogP contribution < -0.4 is 0 Å². The standard InChI is InChI=1S/C12H11/c1-9-7-8-10(2)12-6-4-3-5-11(9)12/h3-5,7-8H,1-2H3. The van der Waals surface area contributed by atoms with Gasteiger partial charge < -0.3 is 0 Å². The van der Waals surface area contributed by atoms with Gasteiger partial charge in [-0.1, -0.05) is 30.3 Å². The number of benzene rings is 2. The molecule has 12 heavy (non-hydrogen) atoms. The van der Waals surface area contributed by atoms with E-state index in [2.05, 4.69) is 38.1 Å². The average Bonchev–Trinajstić information content (AvgIpc) is 2.12. The second-order valence-corrected chi connectivity index (χ2v) is 3.16. The lowest BCUT2D eigenvalue weighted by Gasteiger charge is -2.03. The molecule has 0 amide bonds. The van der Waals surface area contributed by atoms with Crippen LogP contribution in [0.15, 0.2) is 30.3 Å². The summed E-state index contributed by atoms with van der Waals surface area (Å²) in [5, 5.41) is 2.56. The van der Waals surface area contributed by atoms with Crippen LogP contribution in [0.25, 0.3) is 10.8 Å². The van der Waals surface area contributed by atoms with E-state index in [1.807, 2.05) is 12.1 Å². The van der Waals surface area contributed by atoms with Gasteiger partial charge in [-0.15, -0.1) is 0 Å². The molecule has 59 valence electrons. The fourth-order valence-corrected chi connectivity index (χ4v) is 1.51. The smallest absolute Gasteiger partial charge is 0.00732 e. The summed E-state index contributed by atoms with van der Waals surface area (Å²) in [6.45, 7) is 4.26. The molecule has 0 atom stereocenters. The van der Waals surface area contributed by atoms with Crippen molar-refractivity contribution in [2.24, 2.45) is 0 Å². The summed E-state index contributed by atoms with van der Waals surface area (Å²) in [4.78, 5) is 0. The number of aryl methyl sites for hydroxylation is 2. The fourth-order valence-electron chi connectivity index (χ4n) is 1.51. The highest BCUT2D eigenvalue weighted by molar-refractivity contribution is 5.87. The normalized spacial score (nSPS) is 10.5. The van der Waals surface area contributed by atoms with Crippen molar-refractivity contribution >= 4 is 10.8 Å². The molecule has 0 fully saturated rings. The molecule has 0 heterocycles. The molecule has 2 aromatic rings. The molecule has 0 N–H and O–H groups in total. The highest BCUT2D eigenvalue weighted by Crippen LogP contribution is 2.20. The number of rotatable bonds is 0. The summed E-state index contributed by atoms with van der Waals surface area (Å²) in [5.74, 6) is 0. The molecule has 0 saturated heterocycles. The molecule has 0 spiro atoms. The Hall–Kier alpha value is -1.30. The maximum Gasteiger partial charge on any atom is -0.00732 e. The van der Waals surface area contributed by atoms with Gasteiger partial charge in [0.15, 0.2) is 0 Å². The Labute approximate surface area is 72.8 Å². The zero-order chi connectivity index (χ0) is 8.55. The predicted octanol–water partition coefficient (Wildman–Crippen LogP) is 3.26. The first-order valence-electron chi connectivity index (χ1n) is 4.15. The van der Waals surface area contributed by atoms with Crippen LogP contribution >= 0.6 is 0 Å². The Morgan fingerprint density at radius 1 is 1.00 bits per heavy atom. The minimum absolute atomic E-state index is 1.25. The molecule has 0 unspecified atom stereocenters. The van der Waals surface area contributed by atoms with Crippen molar-refractivity contribution in [3.63, 3.8) is 0 Å². The van der Waals surface area contributed by atoms with Crippen molar-refractivity contribution in [1.29, 1.82) is 0 Å². The molecule has 2 aromatic carbocycles. The molecule has 1 radical (unpaired) electrons. The van der Waals surface area contributed by atoms with Crippen LogP contribution in [0.4, 0.5) is 0 Å². The van der Waals surface area contributed by atoms with Gasteiger partial charge in [0.1, 0.15) is 0 Å².